The molecule has 2 aromatic carbocycles. The number of furan rings is 1. The van der Waals surface area contributed by atoms with E-state index in [2.05, 4.69) is 55.1 Å². The number of hydrogen-bond acceptors (Lipinski definition) is 4. The van der Waals surface area contributed by atoms with Crippen LogP contribution in [0.1, 0.15) is 39.2 Å². The molecule has 0 N–H and O–H groups in total. The number of likely N-dealkylation sites (tertiary alicyclic amines) is 1. The number of carbonyl (C=O) groups is 1. The van der Waals surface area contributed by atoms with Crippen molar-refractivity contribution in [1.29, 1.82) is 0 Å². The zero-order chi connectivity index (χ0) is 21.6. The number of rotatable bonds is 4. The van der Waals surface area contributed by atoms with E-state index in [4.69, 9.17) is 9.41 Å². The zero-order valence-electron chi connectivity index (χ0n) is 18.5. The second-order valence-corrected chi connectivity index (χ2v) is 8.90. The first-order valence-corrected chi connectivity index (χ1v) is 11.2. The van der Waals surface area contributed by atoms with E-state index < -0.39 is 5.54 Å². The molecular weight excluding hydrogens is 386 g/mol. The molecule has 0 atom stereocenters. The van der Waals surface area contributed by atoms with Crippen molar-refractivity contribution < 1.29 is 9.21 Å². The van der Waals surface area contributed by atoms with Crippen molar-refractivity contribution in [2.45, 2.75) is 45.2 Å². The van der Waals surface area contributed by atoms with Gasteiger partial charge in [-0.1, -0.05) is 30.3 Å². The largest absolute Gasteiger partial charge is 0.464 e. The van der Waals surface area contributed by atoms with E-state index >= 15 is 0 Å². The Hall–Kier alpha value is -2.92. The van der Waals surface area contributed by atoms with Gasteiger partial charge in [-0.15, -0.1) is 0 Å². The summed E-state index contributed by atoms with van der Waals surface area (Å²) >= 11 is 0. The molecule has 0 saturated carbocycles. The minimum atomic E-state index is -0.582. The average Bonchev–Trinajstić information content (AvgIpc) is 3.36. The van der Waals surface area contributed by atoms with E-state index in [-0.39, 0.29) is 5.91 Å². The number of benzene rings is 2. The molecule has 1 aromatic heterocycles. The average molecular weight is 416 g/mol. The number of hydrogen-bond donors (Lipinski definition) is 0. The van der Waals surface area contributed by atoms with Crippen LogP contribution in [0.5, 0.6) is 0 Å². The first kappa shape index (κ1) is 20.0. The van der Waals surface area contributed by atoms with Crippen LogP contribution in [0.25, 0.3) is 22.1 Å². The van der Waals surface area contributed by atoms with Crippen LogP contribution >= 0.6 is 0 Å². The summed E-state index contributed by atoms with van der Waals surface area (Å²) in [5, 5.41) is 1.10. The number of piperidine rings is 1. The van der Waals surface area contributed by atoms with Crippen molar-refractivity contribution in [2.24, 2.45) is 4.99 Å². The van der Waals surface area contributed by atoms with Crippen molar-refractivity contribution >= 4 is 22.7 Å². The van der Waals surface area contributed by atoms with Crippen LogP contribution in [0.15, 0.2) is 64.2 Å². The van der Waals surface area contributed by atoms with Crippen LogP contribution in [0.3, 0.4) is 0 Å². The van der Waals surface area contributed by atoms with Gasteiger partial charge in [0.1, 0.15) is 17.0 Å². The van der Waals surface area contributed by atoms with Crippen molar-refractivity contribution in [1.82, 2.24) is 9.80 Å². The lowest BCUT2D eigenvalue weighted by atomic mass is 9.87. The molecule has 0 radical (unpaired) electrons. The molecule has 0 bridgehead atoms. The molecule has 5 rings (SSSR count). The van der Waals surface area contributed by atoms with Gasteiger partial charge in [0, 0.05) is 36.6 Å². The Kier molecular flexibility index (Phi) is 4.94. The van der Waals surface area contributed by atoms with Crippen LogP contribution in [0, 0.1) is 0 Å². The van der Waals surface area contributed by atoms with Crippen LogP contribution in [0.4, 0.5) is 0 Å². The highest BCUT2D eigenvalue weighted by Crippen LogP contribution is 2.36. The first-order valence-electron chi connectivity index (χ1n) is 11.2. The topological polar surface area (TPSA) is 49.1 Å². The number of amidine groups is 1. The van der Waals surface area contributed by atoms with Crippen molar-refractivity contribution in [3.63, 3.8) is 0 Å². The molecule has 3 heterocycles. The van der Waals surface area contributed by atoms with Gasteiger partial charge in [-0.2, -0.15) is 0 Å². The lowest BCUT2D eigenvalue weighted by molar-refractivity contribution is -0.132. The van der Waals surface area contributed by atoms with Crippen LogP contribution in [-0.4, -0.2) is 52.8 Å². The fourth-order valence-electron chi connectivity index (χ4n) is 4.87. The molecule has 5 heteroatoms. The third-order valence-electron chi connectivity index (χ3n) is 6.82. The summed E-state index contributed by atoms with van der Waals surface area (Å²) in [4.78, 5) is 22.7. The van der Waals surface area contributed by atoms with E-state index in [0.29, 0.717) is 12.6 Å². The molecule has 1 fully saturated rings. The molecule has 2 aliphatic heterocycles. The summed E-state index contributed by atoms with van der Waals surface area (Å²) in [6.45, 7) is 8.96. The summed E-state index contributed by atoms with van der Waals surface area (Å²) in [5.41, 5.74) is 3.61. The highest BCUT2D eigenvalue weighted by Gasteiger charge is 2.49. The molecule has 1 spiro atoms. The normalized spacial score (nSPS) is 19.0. The molecule has 1 amide bonds. The summed E-state index contributed by atoms with van der Waals surface area (Å²) in [7, 11) is 0. The molecule has 5 nitrogen and oxygen atoms in total. The van der Waals surface area contributed by atoms with Gasteiger partial charge in [-0.25, -0.2) is 0 Å². The molecule has 0 unspecified atom stereocenters. The smallest absolute Gasteiger partial charge is 0.256 e. The highest BCUT2D eigenvalue weighted by molar-refractivity contribution is 6.15. The molecule has 2 aliphatic rings. The predicted octanol–water partition coefficient (Wildman–Crippen LogP) is 4.95. The van der Waals surface area contributed by atoms with Gasteiger partial charge in [-0.05, 0) is 62.9 Å². The maximum Gasteiger partial charge on any atom is 0.256 e. The van der Waals surface area contributed by atoms with Gasteiger partial charge in [0.2, 0.25) is 0 Å². The number of carbonyl (C=O) groups excluding carboxylic acids is 1. The standard InChI is InChI=1S/C26H29N3O2/c1-4-29-24(27-26(25(29)30)12-14-28(15-13-26)18(2)3)20-7-5-19(6-8-20)21-9-10-23-22(17-21)11-16-31-23/h5-11,16-18H,4,12-15H2,1-3H3. The van der Waals surface area contributed by atoms with Crippen molar-refractivity contribution in [3.05, 3.63) is 60.4 Å². The first-order chi connectivity index (χ1) is 15.0. The van der Waals surface area contributed by atoms with Gasteiger partial charge in [0.05, 0.1) is 6.26 Å². The highest BCUT2D eigenvalue weighted by atomic mass is 16.3. The van der Waals surface area contributed by atoms with Gasteiger partial charge in [0.25, 0.3) is 5.91 Å². The lowest BCUT2D eigenvalue weighted by Gasteiger charge is -2.38. The van der Waals surface area contributed by atoms with Crippen molar-refractivity contribution in [2.75, 3.05) is 19.6 Å². The third-order valence-corrected chi connectivity index (χ3v) is 6.82. The molecule has 1 saturated heterocycles. The van der Waals surface area contributed by atoms with Crippen molar-refractivity contribution in [3.8, 4) is 11.1 Å². The SMILES string of the molecule is CCN1C(=O)C2(CCN(C(C)C)CC2)N=C1c1ccc(-c2ccc3occc3c2)cc1. The van der Waals surface area contributed by atoms with E-state index in [9.17, 15) is 4.79 Å². The second kappa shape index (κ2) is 7.65. The fraction of sp³-hybridized carbons (Fsp3) is 0.385. The van der Waals surface area contributed by atoms with E-state index in [1.807, 2.05) is 24.0 Å². The fourth-order valence-corrected chi connectivity index (χ4v) is 4.87. The Morgan fingerprint density at radius 2 is 1.68 bits per heavy atom. The summed E-state index contributed by atoms with van der Waals surface area (Å²) in [6.07, 6.45) is 3.31. The van der Waals surface area contributed by atoms with Gasteiger partial charge in [-0.3, -0.25) is 14.7 Å². The minimum absolute atomic E-state index is 0.169. The number of aliphatic imine (C=N–C) groups is 1. The Bertz CT molecular complexity index is 1130. The third kappa shape index (κ3) is 3.37. The Labute approximate surface area is 183 Å². The predicted molar refractivity (Wildman–Crippen MR) is 124 cm³/mol. The van der Waals surface area contributed by atoms with E-state index in [1.165, 1.54) is 0 Å². The number of amides is 1. The van der Waals surface area contributed by atoms with Crippen LogP contribution in [-0.2, 0) is 4.79 Å². The van der Waals surface area contributed by atoms with E-state index in [0.717, 1.165) is 59.4 Å². The van der Waals surface area contributed by atoms with Gasteiger partial charge in [0.15, 0.2) is 0 Å². The van der Waals surface area contributed by atoms with Gasteiger partial charge >= 0.3 is 0 Å². The Morgan fingerprint density at radius 1 is 1.00 bits per heavy atom. The minimum Gasteiger partial charge on any atom is -0.464 e. The molecule has 3 aromatic rings. The zero-order valence-corrected chi connectivity index (χ0v) is 18.5. The Balaban J connectivity index is 1.43. The monoisotopic (exact) mass is 415 g/mol. The Morgan fingerprint density at radius 3 is 2.35 bits per heavy atom. The van der Waals surface area contributed by atoms with Crippen LogP contribution < -0.4 is 0 Å². The maximum absolute atomic E-state index is 13.3. The second-order valence-electron chi connectivity index (χ2n) is 8.90. The molecule has 0 aliphatic carbocycles. The summed E-state index contributed by atoms with van der Waals surface area (Å²) in [5.74, 6) is 0.991. The quantitative estimate of drug-likeness (QED) is 0.606. The number of likely N-dealkylation sites (N-methyl/N-ethyl adjacent to an activating group) is 1. The molecular formula is C26H29N3O2. The summed E-state index contributed by atoms with van der Waals surface area (Å²) < 4.78 is 5.45. The lowest BCUT2D eigenvalue weighted by Crippen LogP contribution is -2.51. The number of fused-ring (bicyclic) bond motifs is 1. The number of nitrogens with zero attached hydrogens (tertiary/aromatic N) is 3. The van der Waals surface area contributed by atoms with Crippen LogP contribution in [0.2, 0.25) is 0 Å². The molecule has 31 heavy (non-hydrogen) atoms. The molecule has 160 valence electrons. The maximum atomic E-state index is 13.3. The van der Waals surface area contributed by atoms with Gasteiger partial charge < -0.3 is 9.32 Å². The summed E-state index contributed by atoms with van der Waals surface area (Å²) in [6, 6.07) is 17.1. The van der Waals surface area contributed by atoms with E-state index in [1.54, 1.807) is 6.26 Å².